The molecule has 1 fully saturated rings. The van der Waals surface area contributed by atoms with Crippen LogP contribution in [0.5, 0.6) is 0 Å². The Morgan fingerprint density at radius 1 is 1.17 bits per heavy atom. The summed E-state index contributed by atoms with van der Waals surface area (Å²) in [4.78, 5) is 0. The largest absolute Gasteiger partial charge is 0.388 e. The molecule has 0 aromatic heterocycles. The van der Waals surface area contributed by atoms with Crippen LogP contribution in [-0.2, 0) is 0 Å². The third kappa shape index (κ3) is 4.06. The van der Waals surface area contributed by atoms with E-state index in [1.54, 1.807) is 12.1 Å². The zero-order valence-electron chi connectivity index (χ0n) is 10.2. The molecule has 1 N–H and O–H groups in total. The second-order valence-electron chi connectivity index (χ2n) is 4.78. The summed E-state index contributed by atoms with van der Waals surface area (Å²) < 4.78 is 0. The Balaban J connectivity index is 1.86. The van der Waals surface area contributed by atoms with E-state index in [1.165, 1.54) is 32.1 Å². The Kier molecular flexibility index (Phi) is 5.68. The summed E-state index contributed by atoms with van der Waals surface area (Å²) in [6.07, 6.45) is 6.16. The minimum Gasteiger partial charge on any atom is -0.388 e. The number of benzene rings is 1. The molecule has 1 nitrogen and oxygen atoms in total. The first-order chi connectivity index (χ1) is 8.66. The molecule has 1 aliphatic rings. The van der Waals surface area contributed by atoms with Crippen molar-refractivity contribution in [3.63, 3.8) is 0 Å². The lowest BCUT2D eigenvalue weighted by Crippen LogP contribution is -2.11. The highest BCUT2D eigenvalue weighted by atomic mass is 35.5. The molecule has 0 aliphatic heterocycles. The Labute approximate surface area is 123 Å². The van der Waals surface area contributed by atoms with Crippen molar-refractivity contribution < 1.29 is 5.11 Å². The summed E-state index contributed by atoms with van der Waals surface area (Å²) in [5.74, 6) is 0.739. The topological polar surface area (TPSA) is 20.2 Å². The lowest BCUT2D eigenvalue weighted by atomic mass is 10.0. The summed E-state index contributed by atoms with van der Waals surface area (Å²) in [5, 5.41) is 11.9. The maximum absolute atomic E-state index is 10.1. The third-order valence-corrected chi connectivity index (χ3v) is 5.56. The van der Waals surface area contributed by atoms with Crippen molar-refractivity contribution in [3.05, 3.63) is 33.8 Å². The van der Waals surface area contributed by atoms with Gasteiger partial charge in [0, 0.05) is 11.0 Å². The first kappa shape index (κ1) is 14.5. The second-order valence-corrected chi connectivity index (χ2v) is 6.93. The fraction of sp³-hybridized carbons (Fsp3) is 0.571. The van der Waals surface area contributed by atoms with Gasteiger partial charge < -0.3 is 5.11 Å². The standard InChI is InChI=1S/C14H18Cl2OS/c15-12-7-6-10(8-13(12)16)14(17)9-18-11-4-2-1-3-5-11/h6-8,11,14,17H,1-5,9H2. The summed E-state index contributed by atoms with van der Waals surface area (Å²) in [6.45, 7) is 0. The van der Waals surface area contributed by atoms with Gasteiger partial charge in [0.2, 0.25) is 0 Å². The highest BCUT2D eigenvalue weighted by Crippen LogP contribution is 2.32. The predicted octanol–water partition coefficient (Wildman–Crippen LogP) is 5.09. The highest BCUT2D eigenvalue weighted by molar-refractivity contribution is 7.99. The molecule has 0 saturated heterocycles. The fourth-order valence-electron chi connectivity index (χ4n) is 2.27. The van der Waals surface area contributed by atoms with Crippen LogP contribution in [0.4, 0.5) is 0 Å². The van der Waals surface area contributed by atoms with Gasteiger partial charge in [0.15, 0.2) is 0 Å². The molecule has 1 unspecified atom stereocenters. The summed E-state index contributed by atoms with van der Waals surface area (Å²) >= 11 is 13.7. The first-order valence-electron chi connectivity index (χ1n) is 6.41. The molecule has 100 valence electrons. The van der Waals surface area contributed by atoms with Crippen molar-refractivity contribution in [1.82, 2.24) is 0 Å². The van der Waals surface area contributed by atoms with Crippen molar-refractivity contribution in [2.24, 2.45) is 0 Å². The van der Waals surface area contributed by atoms with Crippen molar-refractivity contribution in [2.75, 3.05) is 5.75 Å². The van der Waals surface area contributed by atoms with Crippen molar-refractivity contribution in [2.45, 2.75) is 43.5 Å². The average molecular weight is 305 g/mol. The van der Waals surface area contributed by atoms with Gasteiger partial charge in [-0.15, -0.1) is 0 Å². The van der Waals surface area contributed by atoms with Crippen LogP contribution < -0.4 is 0 Å². The minimum absolute atomic E-state index is 0.452. The Morgan fingerprint density at radius 3 is 2.56 bits per heavy atom. The Hall–Kier alpha value is 0.110. The number of rotatable bonds is 4. The van der Waals surface area contributed by atoms with Gasteiger partial charge in [-0.05, 0) is 30.5 Å². The van der Waals surface area contributed by atoms with Crippen molar-refractivity contribution >= 4 is 35.0 Å². The molecule has 0 bridgehead atoms. The average Bonchev–Trinajstić information content (AvgIpc) is 2.40. The molecule has 18 heavy (non-hydrogen) atoms. The fourth-order valence-corrected chi connectivity index (χ4v) is 3.90. The van der Waals surface area contributed by atoms with E-state index in [1.807, 2.05) is 17.8 Å². The van der Waals surface area contributed by atoms with Gasteiger partial charge >= 0.3 is 0 Å². The van der Waals surface area contributed by atoms with Gasteiger partial charge in [-0.1, -0.05) is 48.5 Å². The number of hydrogen-bond acceptors (Lipinski definition) is 2. The normalized spacial score (nSPS) is 18.8. The number of aliphatic hydroxyl groups is 1. The zero-order chi connectivity index (χ0) is 13.0. The van der Waals surface area contributed by atoms with E-state index in [-0.39, 0.29) is 0 Å². The monoisotopic (exact) mass is 304 g/mol. The number of aliphatic hydroxyl groups excluding tert-OH is 1. The molecule has 1 saturated carbocycles. The smallest absolute Gasteiger partial charge is 0.0881 e. The predicted molar refractivity (Wildman–Crippen MR) is 80.8 cm³/mol. The van der Waals surface area contributed by atoms with Crippen LogP contribution in [0.1, 0.15) is 43.8 Å². The SMILES string of the molecule is OC(CSC1CCCCC1)c1ccc(Cl)c(Cl)c1. The molecular weight excluding hydrogens is 287 g/mol. The molecule has 1 atom stereocenters. The van der Waals surface area contributed by atoms with Crippen LogP contribution in [0, 0.1) is 0 Å². The maximum Gasteiger partial charge on any atom is 0.0881 e. The van der Waals surface area contributed by atoms with E-state index in [0.29, 0.717) is 10.0 Å². The van der Waals surface area contributed by atoms with E-state index in [9.17, 15) is 5.11 Å². The quantitative estimate of drug-likeness (QED) is 0.836. The third-order valence-electron chi connectivity index (χ3n) is 3.37. The van der Waals surface area contributed by atoms with Crippen LogP contribution in [0.25, 0.3) is 0 Å². The zero-order valence-corrected chi connectivity index (χ0v) is 12.6. The molecule has 0 spiro atoms. The van der Waals surface area contributed by atoms with Gasteiger partial charge in [0.05, 0.1) is 16.1 Å². The highest BCUT2D eigenvalue weighted by Gasteiger charge is 2.16. The van der Waals surface area contributed by atoms with Crippen LogP contribution in [0.3, 0.4) is 0 Å². The van der Waals surface area contributed by atoms with Crippen molar-refractivity contribution in [1.29, 1.82) is 0 Å². The summed E-state index contributed by atoms with van der Waals surface area (Å²) in [7, 11) is 0. The van der Waals surface area contributed by atoms with Gasteiger partial charge in [0.25, 0.3) is 0 Å². The van der Waals surface area contributed by atoms with Gasteiger partial charge in [-0.25, -0.2) is 0 Å². The molecular formula is C14H18Cl2OS. The molecule has 4 heteroatoms. The van der Waals surface area contributed by atoms with Gasteiger partial charge in [-0.2, -0.15) is 11.8 Å². The van der Waals surface area contributed by atoms with E-state index in [2.05, 4.69) is 0 Å². The Bertz CT molecular complexity index is 391. The van der Waals surface area contributed by atoms with E-state index in [0.717, 1.165) is 16.6 Å². The lowest BCUT2D eigenvalue weighted by molar-refractivity contribution is 0.204. The summed E-state index contributed by atoms with van der Waals surface area (Å²) in [6, 6.07) is 5.35. The van der Waals surface area contributed by atoms with Gasteiger partial charge in [-0.3, -0.25) is 0 Å². The minimum atomic E-state index is -0.452. The first-order valence-corrected chi connectivity index (χ1v) is 8.22. The lowest BCUT2D eigenvalue weighted by Gasteiger charge is -2.22. The summed E-state index contributed by atoms with van der Waals surface area (Å²) in [5.41, 5.74) is 0.854. The van der Waals surface area contributed by atoms with Crippen LogP contribution in [0.2, 0.25) is 10.0 Å². The number of thioether (sulfide) groups is 1. The van der Waals surface area contributed by atoms with E-state index >= 15 is 0 Å². The molecule has 0 heterocycles. The van der Waals surface area contributed by atoms with Crippen LogP contribution in [0.15, 0.2) is 18.2 Å². The van der Waals surface area contributed by atoms with Crippen LogP contribution >= 0.6 is 35.0 Å². The molecule has 0 radical (unpaired) electrons. The number of hydrogen-bond donors (Lipinski definition) is 1. The Morgan fingerprint density at radius 2 is 1.89 bits per heavy atom. The van der Waals surface area contributed by atoms with Crippen LogP contribution in [-0.4, -0.2) is 16.1 Å². The van der Waals surface area contributed by atoms with E-state index in [4.69, 9.17) is 23.2 Å². The molecule has 0 amide bonds. The molecule has 2 rings (SSSR count). The maximum atomic E-state index is 10.1. The molecule has 1 aromatic carbocycles. The van der Waals surface area contributed by atoms with Gasteiger partial charge in [0.1, 0.15) is 0 Å². The molecule has 1 aliphatic carbocycles. The van der Waals surface area contributed by atoms with E-state index < -0.39 is 6.10 Å². The number of halogens is 2. The molecule has 1 aromatic rings. The second kappa shape index (κ2) is 7.04. The van der Waals surface area contributed by atoms with Crippen molar-refractivity contribution in [3.8, 4) is 0 Å².